The predicted molar refractivity (Wildman–Crippen MR) is 84.6 cm³/mol. The minimum Gasteiger partial charge on any atom is -0.221 e. The van der Waals surface area contributed by atoms with Gasteiger partial charge in [-0.15, -0.1) is 0 Å². The fourth-order valence-electron chi connectivity index (χ4n) is 2.97. The third kappa shape index (κ3) is 3.69. The Morgan fingerprint density at radius 2 is 1.34 bits per heavy atom. The van der Waals surface area contributed by atoms with Crippen molar-refractivity contribution < 1.29 is 43.9 Å². The fourth-order valence-corrected chi connectivity index (χ4v) is 2.97. The molecule has 0 heterocycles. The molecule has 2 rings (SSSR count). The zero-order valence-electron chi connectivity index (χ0n) is 14.9. The summed E-state index contributed by atoms with van der Waals surface area (Å²) in [5, 5.41) is 0. The Morgan fingerprint density at radius 3 is 1.76 bits per heavy atom. The standard InChI is InChI=1S/C19H13F10/c1-3-11-8-10(2)9-14(15(11)12-4-6-13(20)7-5-12)16(21,18(24,25)26)17(22,23)19(27,28)29/h4-7,9H,3H2,1-2H3. The molecule has 0 bridgehead atoms. The molecule has 2 aromatic rings. The lowest BCUT2D eigenvalue weighted by molar-refractivity contribution is -0.389. The molecule has 0 saturated heterocycles. The molecule has 2 aromatic carbocycles. The summed E-state index contributed by atoms with van der Waals surface area (Å²) in [5.74, 6) is -7.64. The first-order valence-corrected chi connectivity index (χ1v) is 8.10. The molecular formula is C19H13F10. The van der Waals surface area contributed by atoms with Crippen LogP contribution in [0.4, 0.5) is 43.9 Å². The first-order valence-electron chi connectivity index (χ1n) is 8.10. The van der Waals surface area contributed by atoms with Gasteiger partial charge in [-0.3, -0.25) is 0 Å². The van der Waals surface area contributed by atoms with E-state index in [0.29, 0.717) is 0 Å². The maximum Gasteiger partial charge on any atom is 0.457 e. The monoisotopic (exact) mass is 431 g/mol. The molecular weight excluding hydrogens is 418 g/mol. The minimum atomic E-state index is -6.84. The molecule has 0 aliphatic heterocycles. The average molecular weight is 431 g/mol. The molecule has 0 aliphatic carbocycles. The summed E-state index contributed by atoms with van der Waals surface area (Å²) in [6.07, 6.45) is -13.6. The van der Waals surface area contributed by atoms with Crippen LogP contribution in [0.5, 0.6) is 0 Å². The number of aryl methyl sites for hydroxylation is 2. The molecule has 0 saturated carbocycles. The first-order chi connectivity index (χ1) is 13.1. The van der Waals surface area contributed by atoms with Crippen LogP contribution in [-0.4, -0.2) is 18.3 Å². The lowest BCUT2D eigenvalue weighted by Crippen LogP contribution is -2.60. The number of rotatable bonds is 4. The van der Waals surface area contributed by atoms with Crippen molar-refractivity contribution in [1.82, 2.24) is 0 Å². The highest BCUT2D eigenvalue weighted by Crippen LogP contribution is 2.60. The quantitative estimate of drug-likeness (QED) is 0.454. The first kappa shape index (κ1) is 23.0. The van der Waals surface area contributed by atoms with Gasteiger partial charge in [0.1, 0.15) is 5.82 Å². The van der Waals surface area contributed by atoms with E-state index >= 15 is 4.39 Å². The van der Waals surface area contributed by atoms with E-state index in [1.54, 1.807) is 0 Å². The molecule has 0 spiro atoms. The highest BCUT2D eigenvalue weighted by molar-refractivity contribution is 5.73. The van der Waals surface area contributed by atoms with Gasteiger partial charge < -0.3 is 0 Å². The van der Waals surface area contributed by atoms with Gasteiger partial charge in [0.05, 0.1) is 0 Å². The van der Waals surface area contributed by atoms with Crippen molar-refractivity contribution in [2.45, 2.75) is 44.2 Å². The van der Waals surface area contributed by atoms with E-state index in [0.717, 1.165) is 31.2 Å². The third-order valence-electron chi connectivity index (χ3n) is 4.32. The van der Waals surface area contributed by atoms with Crippen molar-refractivity contribution in [3.05, 3.63) is 58.9 Å². The fraction of sp³-hybridized carbons (Fsp3) is 0.368. The van der Waals surface area contributed by atoms with Crippen molar-refractivity contribution in [2.75, 3.05) is 0 Å². The summed E-state index contributed by atoms with van der Waals surface area (Å²) in [7, 11) is 0. The summed E-state index contributed by atoms with van der Waals surface area (Å²) in [6.45, 7) is 2.46. The SMILES string of the molecule is CCc1[c]c(C)cc(C(F)(C(F)(F)F)C(F)(F)C(F)(F)F)c1-c1ccc(F)cc1. The van der Waals surface area contributed by atoms with Crippen molar-refractivity contribution in [2.24, 2.45) is 0 Å². The Bertz CT molecular complexity index is 878. The van der Waals surface area contributed by atoms with Gasteiger partial charge in [-0.25, -0.2) is 8.78 Å². The Morgan fingerprint density at radius 1 is 0.828 bits per heavy atom. The molecule has 0 aromatic heterocycles. The zero-order chi connectivity index (χ0) is 22.4. The van der Waals surface area contributed by atoms with E-state index in [1.807, 2.05) is 0 Å². The van der Waals surface area contributed by atoms with Crippen LogP contribution in [-0.2, 0) is 12.1 Å². The molecule has 0 fully saturated rings. The molecule has 1 atom stereocenters. The molecule has 0 nitrogen and oxygen atoms in total. The van der Waals surface area contributed by atoms with Crippen LogP contribution in [0.3, 0.4) is 0 Å². The van der Waals surface area contributed by atoms with E-state index in [2.05, 4.69) is 6.07 Å². The van der Waals surface area contributed by atoms with Crippen molar-refractivity contribution in [3.63, 3.8) is 0 Å². The third-order valence-corrected chi connectivity index (χ3v) is 4.32. The molecule has 0 amide bonds. The van der Waals surface area contributed by atoms with Crippen molar-refractivity contribution in [1.29, 1.82) is 0 Å². The van der Waals surface area contributed by atoms with E-state index < -0.39 is 40.9 Å². The molecule has 159 valence electrons. The van der Waals surface area contributed by atoms with Gasteiger partial charge in [0.15, 0.2) is 0 Å². The topological polar surface area (TPSA) is 0 Å². The van der Waals surface area contributed by atoms with Gasteiger partial charge in [0, 0.05) is 5.56 Å². The summed E-state index contributed by atoms with van der Waals surface area (Å²) in [4.78, 5) is 0. The second-order valence-electron chi connectivity index (χ2n) is 6.31. The van der Waals surface area contributed by atoms with Crippen LogP contribution in [0.1, 0.15) is 23.6 Å². The van der Waals surface area contributed by atoms with E-state index in [9.17, 15) is 39.5 Å². The Hall–Kier alpha value is -2.26. The van der Waals surface area contributed by atoms with Gasteiger partial charge >= 0.3 is 23.9 Å². The predicted octanol–water partition coefficient (Wildman–Crippen LogP) is 7.09. The summed E-state index contributed by atoms with van der Waals surface area (Å²) < 4.78 is 135. The van der Waals surface area contributed by atoms with Gasteiger partial charge in [-0.1, -0.05) is 25.1 Å². The van der Waals surface area contributed by atoms with Crippen LogP contribution >= 0.6 is 0 Å². The van der Waals surface area contributed by atoms with Gasteiger partial charge in [0.25, 0.3) is 0 Å². The van der Waals surface area contributed by atoms with Gasteiger partial charge in [-0.2, -0.15) is 35.1 Å². The Balaban J connectivity index is 3.03. The minimum absolute atomic E-state index is 0.160. The second-order valence-corrected chi connectivity index (χ2v) is 6.31. The van der Waals surface area contributed by atoms with Crippen molar-refractivity contribution >= 4 is 0 Å². The summed E-state index contributed by atoms with van der Waals surface area (Å²) >= 11 is 0. The maximum atomic E-state index is 15.1. The lowest BCUT2D eigenvalue weighted by atomic mass is 9.79. The van der Waals surface area contributed by atoms with Crippen LogP contribution < -0.4 is 0 Å². The van der Waals surface area contributed by atoms with E-state index in [4.69, 9.17) is 0 Å². The number of halogens is 10. The maximum absolute atomic E-state index is 15.1. The number of benzene rings is 2. The van der Waals surface area contributed by atoms with E-state index in [-0.39, 0.29) is 29.2 Å². The van der Waals surface area contributed by atoms with Crippen LogP contribution in [0.15, 0.2) is 30.3 Å². The van der Waals surface area contributed by atoms with E-state index in [1.165, 1.54) is 6.92 Å². The van der Waals surface area contributed by atoms with Gasteiger partial charge in [-0.05, 0) is 53.8 Å². The molecule has 0 aliphatic rings. The zero-order valence-corrected chi connectivity index (χ0v) is 14.9. The molecule has 1 unspecified atom stereocenters. The van der Waals surface area contributed by atoms with Crippen LogP contribution in [0.25, 0.3) is 11.1 Å². The summed E-state index contributed by atoms with van der Waals surface area (Å²) in [5.41, 5.74) is -9.71. The smallest absolute Gasteiger partial charge is 0.221 e. The lowest BCUT2D eigenvalue weighted by Gasteiger charge is -2.37. The largest absolute Gasteiger partial charge is 0.457 e. The Kier molecular flexibility index (Phi) is 5.73. The molecule has 29 heavy (non-hydrogen) atoms. The normalized spacial score (nSPS) is 15.3. The summed E-state index contributed by atoms with van der Waals surface area (Å²) in [6, 6.07) is 6.03. The van der Waals surface area contributed by atoms with Crippen LogP contribution in [0, 0.1) is 18.8 Å². The molecule has 10 heteroatoms. The van der Waals surface area contributed by atoms with Gasteiger partial charge in [0.2, 0.25) is 0 Å². The van der Waals surface area contributed by atoms with Crippen molar-refractivity contribution in [3.8, 4) is 11.1 Å². The highest BCUT2D eigenvalue weighted by Gasteiger charge is 2.82. The average Bonchev–Trinajstić information content (AvgIpc) is 2.59. The number of hydrogen-bond acceptors (Lipinski definition) is 0. The Labute approximate surface area is 159 Å². The highest BCUT2D eigenvalue weighted by atomic mass is 19.4. The molecule has 1 radical (unpaired) electrons. The molecule has 0 N–H and O–H groups in total. The number of hydrogen-bond donors (Lipinski definition) is 0. The second kappa shape index (κ2) is 7.21. The van der Waals surface area contributed by atoms with Crippen LogP contribution in [0.2, 0.25) is 0 Å². The number of alkyl halides is 9.